The molecular weight excluding hydrogens is 280 g/mol. The predicted octanol–water partition coefficient (Wildman–Crippen LogP) is 3.31. The first-order chi connectivity index (χ1) is 10.9. The van der Waals surface area contributed by atoms with Crippen molar-refractivity contribution in [3.8, 4) is 17.1 Å². The average molecular weight is 298 g/mol. The highest BCUT2D eigenvalue weighted by molar-refractivity contribution is 5.65. The fourth-order valence-corrected chi connectivity index (χ4v) is 2.14. The molecule has 0 fully saturated rings. The van der Waals surface area contributed by atoms with Crippen LogP contribution in [0.2, 0.25) is 0 Å². The summed E-state index contributed by atoms with van der Waals surface area (Å²) in [6.45, 7) is 3.41. The number of rotatable bonds is 7. The first-order valence-electron chi connectivity index (χ1n) is 7.38. The number of aromatic nitrogens is 4. The zero-order valence-corrected chi connectivity index (χ0v) is 12.5. The van der Waals surface area contributed by atoms with Crippen LogP contribution in [-0.4, -0.2) is 20.2 Å². The lowest BCUT2D eigenvalue weighted by Crippen LogP contribution is -1.98. The lowest BCUT2D eigenvalue weighted by molar-refractivity contribution is 0.301. The highest BCUT2D eigenvalue weighted by Crippen LogP contribution is 2.29. The molecule has 3 aromatic rings. The summed E-state index contributed by atoms with van der Waals surface area (Å²) in [4.78, 5) is 0. The molecule has 0 aliphatic rings. The van der Waals surface area contributed by atoms with E-state index in [1.54, 1.807) is 6.20 Å². The van der Waals surface area contributed by atoms with Gasteiger partial charge in [-0.2, -0.15) is 0 Å². The van der Waals surface area contributed by atoms with Crippen LogP contribution in [-0.2, 0) is 13.2 Å². The van der Waals surface area contributed by atoms with Gasteiger partial charge in [-0.1, -0.05) is 35.8 Å². The van der Waals surface area contributed by atoms with Crippen molar-refractivity contribution in [3.63, 3.8) is 0 Å². The second-order valence-electron chi connectivity index (χ2n) is 4.99. The van der Waals surface area contributed by atoms with Crippen LogP contribution >= 0.6 is 0 Å². The Balaban J connectivity index is 1.68. The average Bonchev–Trinajstić information content (AvgIpc) is 3.23. The molecule has 0 aliphatic heterocycles. The molecule has 6 nitrogen and oxygen atoms in total. The molecule has 0 N–H and O–H groups in total. The van der Waals surface area contributed by atoms with Crippen LogP contribution in [0.3, 0.4) is 0 Å². The van der Waals surface area contributed by atoms with Gasteiger partial charge in [0.2, 0.25) is 0 Å². The van der Waals surface area contributed by atoms with Gasteiger partial charge < -0.3 is 9.26 Å². The van der Waals surface area contributed by atoms with E-state index in [4.69, 9.17) is 9.26 Å². The Hall–Kier alpha value is -2.63. The van der Waals surface area contributed by atoms with Crippen molar-refractivity contribution < 1.29 is 9.26 Å². The molecule has 6 heteroatoms. The standard InChI is InChI=1S/C16H18N4O2/c1-2-3-10-20-11-13(18-19-20)12-21-15-7-5-4-6-14(15)16-8-9-17-22-16/h4-9,11H,2-3,10,12H2,1H3. The monoisotopic (exact) mass is 298 g/mol. The molecule has 0 bridgehead atoms. The maximum absolute atomic E-state index is 5.86. The molecule has 0 spiro atoms. The van der Waals surface area contributed by atoms with Crippen molar-refractivity contribution in [1.29, 1.82) is 0 Å². The molecule has 2 heterocycles. The van der Waals surface area contributed by atoms with Gasteiger partial charge in [0, 0.05) is 12.6 Å². The second kappa shape index (κ2) is 6.89. The summed E-state index contributed by atoms with van der Waals surface area (Å²) in [5.41, 5.74) is 1.68. The topological polar surface area (TPSA) is 66.0 Å². The third kappa shape index (κ3) is 3.33. The Labute approximate surface area is 128 Å². The van der Waals surface area contributed by atoms with Crippen LogP contribution in [0.1, 0.15) is 25.5 Å². The largest absolute Gasteiger partial charge is 0.486 e. The van der Waals surface area contributed by atoms with E-state index >= 15 is 0 Å². The van der Waals surface area contributed by atoms with Crippen molar-refractivity contribution >= 4 is 0 Å². The normalized spacial score (nSPS) is 10.8. The Kier molecular flexibility index (Phi) is 4.48. The molecular formula is C16H18N4O2. The molecule has 3 rings (SSSR count). The highest BCUT2D eigenvalue weighted by Gasteiger charge is 2.10. The number of unbranched alkanes of at least 4 members (excludes halogenated alkanes) is 1. The number of aryl methyl sites for hydroxylation is 1. The Bertz CT molecular complexity index is 707. The Morgan fingerprint density at radius 3 is 2.95 bits per heavy atom. The van der Waals surface area contributed by atoms with Gasteiger partial charge in [-0.15, -0.1) is 5.10 Å². The second-order valence-corrected chi connectivity index (χ2v) is 4.99. The van der Waals surface area contributed by atoms with E-state index in [0.717, 1.165) is 36.4 Å². The fourth-order valence-electron chi connectivity index (χ4n) is 2.14. The van der Waals surface area contributed by atoms with Crippen molar-refractivity contribution in [2.45, 2.75) is 32.9 Å². The molecule has 22 heavy (non-hydrogen) atoms. The molecule has 0 radical (unpaired) electrons. The quantitative estimate of drug-likeness (QED) is 0.669. The van der Waals surface area contributed by atoms with Gasteiger partial charge in [0.15, 0.2) is 5.76 Å². The van der Waals surface area contributed by atoms with Crippen LogP contribution in [0, 0.1) is 0 Å². The molecule has 2 aromatic heterocycles. The maximum Gasteiger partial charge on any atom is 0.170 e. The summed E-state index contributed by atoms with van der Waals surface area (Å²) in [6.07, 6.45) is 5.77. The van der Waals surface area contributed by atoms with E-state index in [9.17, 15) is 0 Å². The number of para-hydroxylation sites is 1. The Morgan fingerprint density at radius 1 is 1.23 bits per heavy atom. The minimum Gasteiger partial charge on any atom is -0.486 e. The first kappa shape index (κ1) is 14.3. The Morgan fingerprint density at radius 2 is 2.14 bits per heavy atom. The highest BCUT2D eigenvalue weighted by atomic mass is 16.5. The van der Waals surface area contributed by atoms with E-state index in [1.165, 1.54) is 0 Å². The van der Waals surface area contributed by atoms with Crippen molar-refractivity contribution in [3.05, 3.63) is 48.4 Å². The summed E-state index contributed by atoms with van der Waals surface area (Å²) in [5.74, 6) is 1.42. The number of benzene rings is 1. The van der Waals surface area contributed by atoms with Crippen molar-refractivity contribution in [1.82, 2.24) is 20.2 Å². The zero-order valence-electron chi connectivity index (χ0n) is 12.5. The molecule has 0 saturated carbocycles. The van der Waals surface area contributed by atoms with Gasteiger partial charge in [0.25, 0.3) is 0 Å². The van der Waals surface area contributed by atoms with Crippen LogP contribution < -0.4 is 4.74 Å². The van der Waals surface area contributed by atoms with Gasteiger partial charge >= 0.3 is 0 Å². The lowest BCUT2D eigenvalue weighted by atomic mass is 10.1. The summed E-state index contributed by atoms with van der Waals surface area (Å²) in [6, 6.07) is 9.51. The third-order valence-electron chi connectivity index (χ3n) is 3.29. The molecule has 0 unspecified atom stereocenters. The minimum atomic E-state index is 0.372. The number of nitrogens with zero attached hydrogens (tertiary/aromatic N) is 4. The van der Waals surface area contributed by atoms with E-state index in [0.29, 0.717) is 12.4 Å². The van der Waals surface area contributed by atoms with Crippen molar-refractivity contribution in [2.24, 2.45) is 0 Å². The SMILES string of the molecule is CCCCn1cc(COc2ccccc2-c2ccno2)nn1. The third-order valence-corrected chi connectivity index (χ3v) is 3.29. The van der Waals surface area contributed by atoms with Crippen LogP contribution in [0.4, 0.5) is 0 Å². The summed E-state index contributed by atoms with van der Waals surface area (Å²) in [7, 11) is 0. The van der Waals surface area contributed by atoms with Gasteiger partial charge in [0.05, 0.1) is 18.0 Å². The molecule has 114 valence electrons. The van der Waals surface area contributed by atoms with Gasteiger partial charge in [-0.25, -0.2) is 0 Å². The predicted molar refractivity (Wildman–Crippen MR) is 81.2 cm³/mol. The van der Waals surface area contributed by atoms with Crippen molar-refractivity contribution in [2.75, 3.05) is 0 Å². The summed E-state index contributed by atoms with van der Waals surface area (Å²) in [5, 5.41) is 12.0. The van der Waals surface area contributed by atoms with Gasteiger partial charge in [-0.05, 0) is 18.6 Å². The number of hydrogen-bond acceptors (Lipinski definition) is 5. The van der Waals surface area contributed by atoms with E-state index in [2.05, 4.69) is 22.4 Å². The zero-order chi connectivity index (χ0) is 15.2. The fraction of sp³-hybridized carbons (Fsp3) is 0.312. The molecule has 0 saturated heterocycles. The smallest absolute Gasteiger partial charge is 0.170 e. The first-order valence-corrected chi connectivity index (χ1v) is 7.38. The van der Waals surface area contributed by atoms with Crippen LogP contribution in [0.25, 0.3) is 11.3 Å². The van der Waals surface area contributed by atoms with E-state index in [1.807, 2.05) is 41.2 Å². The molecule has 1 aromatic carbocycles. The van der Waals surface area contributed by atoms with Gasteiger partial charge in [0.1, 0.15) is 18.1 Å². The summed E-state index contributed by atoms with van der Waals surface area (Å²) < 4.78 is 12.9. The summed E-state index contributed by atoms with van der Waals surface area (Å²) >= 11 is 0. The molecule has 0 atom stereocenters. The lowest BCUT2D eigenvalue weighted by Gasteiger charge is -2.07. The maximum atomic E-state index is 5.86. The van der Waals surface area contributed by atoms with E-state index < -0.39 is 0 Å². The number of hydrogen-bond donors (Lipinski definition) is 0. The van der Waals surface area contributed by atoms with Gasteiger partial charge in [-0.3, -0.25) is 4.68 Å². The minimum absolute atomic E-state index is 0.372. The number of ether oxygens (including phenoxy) is 1. The van der Waals surface area contributed by atoms with Crippen LogP contribution in [0.15, 0.2) is 47.2 Å². The molecule has 0 amide bonds. The van der Waals surface area contributed by atoms with E-state index in [-0.39, 0.29) is 0 Å². The molecule has 0 aliphatic carbocycles. The van der Waals surface area contributed by atoms with Crippen LogP contribution in [0.5, 0.6) is 5.75 Å².